The summed E-state index contributed by atoms with van der Waals surface area (Å²) in [6.07, 6.45) is 4.16. The smallest absolute Gasteiger partial charge is 0.294 e. The Bertz CT molecular complexity index is 481. The number of phenolic OH excluding ortho intramolecular Hbond substituents is 1. The van der Waals surface area contributed by atoms with E-state index in [9.17, 15) is 13.5 Å². The van der Waals surface area contributed by atoms with E-state index in [1.807, 2.05) is 0 Å². The summed E-state index contributed by atoms with van der Waals surface area (Å²) in [5.74, 6) is -0.0205. The van der Waals surface area contributed by atoms with Crippen molar-refractivity contribution in [2.75, 3.05) is 6.61 Å². The Labute approximate surface area is 107 Å². The summed E-state index contributed by atoms with van der Waals surface area (Å²) >= 11 is 0. The fourth-order valence-electron chi connectivity index (χ4n) is 1.51. The molecule has 0 unspecified atom stereocenters. The van der Waals surface area contributed by atoms with Crippen LogP contribution in [0, 0.1) is 0 Å². The molecular formula is C12H18O5S. The lowest BCUT2D eigenvalue weighted by atomic mass is 10.2. The van der Waals surface area contributed by atoms with E-state index < -0.39 is 10.1 Å². The number of hydrogen-bond donors (Lipinski definition) is 2. The molecule has 1 aromatic rings. The van der Waals surface area contributed by atoms with Crippen LogP contribution in [0.25, 0.3) is 0 Å². The SMILES string of the molecule is CCCCCCOc1cc(O)cc(S(=O)(=O)O)c1. The van der Waals surface area contributed by atoms with Gasteiger partial charge in [0.25, 0.3) is 10.1 Å². The van der Waals surface area contributed by atoms with Crippen LogP contribution in [0.4, 0.5) is 0 Å². The lowest BCUT2D eigenvalue weighted by Crippen LogP contribution is -2.01. The quantitative estimate of drug-likeness (QED) is 0.589. The summed E-state index contributed by atoms with van der Waals surface area (Å²) in [6.45, 7) is 2.56. The van der Waals surface area contributed by atoms with Crippen LogP contribution in [0.5, 0.6) is 11.5 Å². The number of phenols is 1. The van der Waals surface area contributed by atoms with Crippen molar-refractivity contribution in [2.45, 2.75) is 37.5 Å². The molecule has 2 N–H and O–H groups in total. The first-order chi connectivity index (χ1) is 8.43. The first kappa shape index (κ1) is 14.8. The van der Waals surface area contributed by atoms with Gasteiger partial charge in [-0.15, -0.1) is 0 Å². The fraction of sp³-hybridized carbons (Fsp3) is 0.500. The van der Waals surface area contributed by atoms with Crippen molar-refractivity contribution in [1.82, 2.24) is 0 Å². The molecule has 0 bridgehead atoms. The summed E-state index contributed by atoms with van der Waals surface area (Å²) in [4.78, 5) is -0.369. The van der Waals surface area contributed by atoms with Gasteiger partial charge in [-0.3, -0.25) is 4.55 Å². The van der Waals surface area contributed by atoms with Gasteiger partial charge in [0.15, 0.2) is 0 Å². The van der Waals surface area contributed by atoms with Crippen molar-refractivity contribution in [3.63, 3.8) is 0 Å². The average Bonchev–Trinajstić information content (AvgIpc) is 2.27. The van der Waals surface area contributed by atoms with Gasteiger partial charge < -0.3 is 9.84 Å². The molecule has 0 spiro atoms. The molecule has 0 aromatic heterocycles. The highest BCUT2D eigenvalue weighted by Crippen LogP contribution is 2.24. The second-order valence-corrected chi connectivity index (χ2v) is 5.47. The fourth-order valence-corrected chi connectivity index (χ4v) is 2.04. The second-order valence-electron chi connectivity index (χ2n) is 4.05. The molecule has 0 aliphatic rings. The Hall–Kier alpha value is -1.27. The molecule has 0 atom stereocenters. The first-order valence-corrected chi connectivity index (χ1v) is 7.32. The molecule has 5 nitrogen and oxygen atoms in total. The van der Waals surface area contributed by atoms with Crippen LogP contribution in [-0.2, 0) is 10.1 Å². The van der Waals surface area contributed by atoms with Crippen molar-refractivity contribution in [1.29, 1.82) is 0 Å². The molecule has 0 aliphatic carbocycles. The van der Waals surface area contributed by atoms with Crippen molar-refractivity contribution >= 4 is 10.1 Å². The molecule has 0 saturated carbocycles. The van der Waals surface area contributed by atoms with E-state index in [-0.39, 0.29) is 16.4 Å². The molecule has 1 aromatic carbocycles. The average molecular weight is 274 g/mol. The van der Waals surface area contributed by atoms with E-state index in [1.165, 1.54) is 12.1 Å². The van der Waals surface area contributed by atoms with E-state index in [0.29, 0.717) is 6.61 Å². The van der Waals surface area contributed by atoms with Gasteiger partial charge >= 0.3 is 0 Å². The number of ether oxygens (including phenoxy) is 1. The van der Waals surface area contributed by atoms with Crippen LogP contribution in [0.3, 0.4) is 0 Å². The van der Waals surface area contributed by atoms with E-state index in [1.54, 1.807) is 0 Å². The van der Waals surface area contributed by atoms with E-state index in [4.69, 9.17) is 9.29 Å². The summed E-state index contributed by atoms with van der Waals surface area (Å²) < 4.78 is 36.1. The van der Waals surface area contributed by atoms with Gasteiger partial charge in [-0.1, -0.05) is 26.2 Å². The van der Waals surface area contributed by atoms with Crippen molar-refractivity contribution in [2.24, 2.45) is 0 Å². The number of aromatic hydroxyl groups is 1. The van der Waals surface area contributed by atoms with E-state index in [0.717, 1.165) is 31.7 Å². The molecule has 0 saturated heterocycles. The van der Waals surface area contributed by atoms with Crippen LogP contribution >= 0.6 is 0 Å². The van der Waals surface area contributed by atoms with Crippen molar-refractivity contribution < 1.29 is 22.8 Å². The number of unbranched alkanes of at least 4 members (excludes halogenated alkanes) is 3. The predicted octanol–water partition coefficient (Wildman–Crippen LogP) is 2.60. The number of rotatable bonds is 7. The number of hydrogen-bond acceptors (Lipinski definition) is 4. The molecule has 6 heteroatoms. The highest BCUT2D eigenvalue weighted by Gasteiger charge is 2.12. The van der Waals surface area contributed by atoms with Gasteiger partial charge in [0, 0.05) is 18.2 Å². The third-order valence-corrected chi connectivity index (χ3v) is 3.26. The van der Waals surface area contributed by atoms with Gasteiger partial charge in [-0.05, 0) is 6.42 Å². The molecule has 102 valence electrons. The second kappa shape index (κ2) is 6.61. The molecule has 0 fully saturated rings. The summed E-state index contributed by atoms with van der Waals surface area (Å²) in [7, 11) is -4.33. The topological polar surface area (TPSA) is 83.8 Å². The van der Waals surface area contributed by atoms with Crippen LogP contribution < -0.4 is 4.74 Å². The third-order valence-electron chi connectivity index (χ3n) is 2.43. The van der Waals surface area contributed by atoms with Crippen LogP contribution in [-0.4, -0.2) is 24.7 Å². The maximum atomic E-state index is 10.9. The van der Waals surface area contributed by atoms with E-state index >= 15 is 0 Å². The maximum absolute atomic E-state index is 10.9. The predicted molar refractivity (Wildman–Crippen MR) is 67.6 cm³/mol. The van der Waals surface area contributed by atoms with Gasteiger partial charge in [-0.2, -0.15) is 8.42 Å². The Balaban J connectivity index is 2.64. The summed E-state index contributed by atoms with van der Waals surface area (Å²) in [6, 6.07) is 3.47. The highest BCUT2D eigenvalue weighted by molar-refractivity contribution is 7.85. The lowest BCUT2D eigenvalue weighted by molar-refractivity contribution is 0.302. The Morgan fingerprint density at radius 1 is 1.17 bits per heavy atom. The zero-order valence-corrected chi connectivity index (χ0v) is 11.1. The molecule has 18 heavy (non-hydrogen) atoms. The molecule has 0 aliphatic heterocycles. The molecule has 0 amide bonds. The standard InChI is InChI=1S/C12H18O5S/c1-2-3-4-5-6-17-11-7-10(13)8-12(9-11)18(14,15)16/h7-9,13H,2-6H2,1H3,(H,14,15,16). The monoisotopic (exact) mass is 274 g/mol. The van der Waals surface area contributed by atoms with Crippen LogP contribution in [0.1, 0.15) is 32.6 Å². The lowest BCUT2D eigenvalue weighted by Gasteiger charge is -2.07. The molecule has 0 heterocycles. The van der Waals surface area contributed by atoms with E-state index in [2.05, 4.69) is 6.92 Å². The Morgan fingerprint density at radius 2 is 1.89 bits per heavy atom. The minimum atomic E-state index is -4.33. The highest BCUT2D eigenvalue weighted by atomic mass is 32.2. The number of benzene rings is 1. The van der Waals surface area contributed by atoms with Gasteiger partial charge in [-0.25, -0.2) is 0 Å². The first-order valence-electron chi connectivity index (χ1n) is 5.88. The Morgan fingerprint density at radius 3 is 2.50 bits per heavy atom. The summed E-state index contributed by atoms with van der Waals surface area (Å²) in [5, 5.41) is 9.34. The summed E-state index contributed by atoms with van der Waals surface area (Å²) in [5.41, 5.74) is 0. The largest absolute Gasteiger partial charge is 0.508 e. The maximum Gasteiger partial charge on any atom is 0.294 e. The van der Waals surface area contributed by atoms with Gasteiger partial charge in [0.1, 0.15) is 16.4 Å². The third kappa shape index (κ3) is 4.93. The van der Waals surface area contributed by atoms with Crippen LogP contribution in [0.2, 0.25) is 0 Å². The molecule has 1 rings (SSSR count). The normalized spacial score (nSPS) is 11.4. The minimum absolute atomic E-state index is 0.235. The molecule has 0 radical (unpaired) electrons. The Kier molecular flexibility index (Phi) is 5.43. The van der Waals surface area contributed by atoms with Crippen molar-refractivity contribution in [3.8, 4) is 11.5 Å². The van der Waals surface area contributed by atoms with Crippen LogP contribution in [0.15, 0.2) is 23.1 Å². The van der Waals surface area contributed by atoms with Gasteiger partial charge in [0.05, 0.1) is 6.61 Å². The van der Waals surface area contributed by atoms with Gasteiger partial charge in [0.2, 0.25) is 0 Å². The minimum Gasteiger partial charge on any atom is -0.508 e. The van der Waals surface area contributed by atoms with Crippen molar-refractivity contribution in [3.05, 3.63) is 18.2 Å². The zero-order valence-electron chi connectivity index (χ0n) is 10.3. The molecular weight excluding hydrogens is 256 g/mol. The zero-order chi connectivity index (χ0) is 13.6.